The second kappa shape index (κ2) is 4.05. The van der Waals surface area contributed by atoms with Crippen LogP contribution in [-0.2, 0) is 0 Å². The van der Waals surface area contributed by atoms with Crippen molar-refractivity contribution < 1.29 is 0 Å². The molecule has 0 bridgehead atoms. The van der Waals surface area contributed by atoms with Gasteiger partial charge in [-0.1, -0.05) is 56.7 Å². The molecule has 66 valence electrons. The van der Waals surface area contributed by atoms with Crippen molar-refractivity contribution in [2.24, 2.45) is 5.92 Å². The van der Waals surface area contributed by atoms with Crippen LogP contribution in [0.5, 0.6) is 0 Å². The molecule has 0 aromatic heterocycles. The molecule has 3 heteroatoms. The monoisotopic (exact) mass is 339 g/mol. The van der Waals surface area contributed by atoms with Crippen LogP contribution in [0.1, 0.15) is 13.3 Å². The zero-order valence-electron chi connectivity index (χ0n) is 6.85. The molecule has 1 N–H and O–H groups in total. The van der Waals surface area contributed by atoms with Gasteiger partial charge in [-0.25, -0.2) is 0 Å². The summed E-state index contributed by atoms with van der Waals surface area (Å²) in [5.74, 6) is 0.486. The molecule has 0 amide bonds. The lowest BCUT2D eigenvalue weighted by molar-refractivity contribution is 0.632. The first-order chi connectivity index (χ1) is 5.54. The number of nitrogens with one attached hydrogen (secondary N) is 1. The fourth-order valence-corrected chi connectivity index (χ4v) is 1.90. The molecule has 1 rings (SSSR count). The largest absolute Gasteiger partial charge is 0.308 e. The van der Waals surface area contributed by atoms with E-state index in [4.69, 9.17) is 5.41 Å². The number of hydrogen-bond acceptors (Lipinski definition) is 1. The van der Waals surface area contributed by atoms with E-state index in [1.54, 1.807) is 0 Å². The molecule has 2 atom stereocenters. The lowest BCUT2D eigenvalue weighted by Crippen LogP contribution is -2.20. The van der Waals surface area contributed by atoms with E-state index in [9.17, 15) is 0 Å². The minimum Gasteiger partial charge on any atom is -0.308 e. The molecule has 1 nitrogen and oxygen atoms in total. The van der Waals surface area contributed by atoms with Crippen molar-refractivity contribution in [1.29, 1.82) is 5.41 Å². The summed E-state index contributed by atoms with van der Waals surface area (Å²) >= 11 is 6.02. The van der Waals surface area contributed by atoms with Gasteiger partial charge < -0.3 is 5.41 Å². The molecule has 0 aromatic rings. The lowest BCUT2D eigenvalue weighted by atomic mass is 9.93. The summed E-state index contributed by atoms with van der Waals surface area (Å²) in [5.41, 5.74) is 1.10. The van der Waals surface area contributed by atoms with Gasteiger partial charge >= 0.3 is 0 Å². The number of hydrogen-bond donors (Lipinski definition) is 1. The van der Waals surface area contributed by atoms with Crippen LogP contribution in [0, 0.1) is 11.3 Å². The van der Waals surface area contributed by atoms with Crippen LogP contribution in [-0.4, -0.2) is 8.55 Å². The van der Waals surface area contributed by atoms with Crippen molar-refractivity contribution in [2.45, 2.75) is 15.7 Å². The van der Waals surface area contributed by atoms with Crippen LogP contribution >= 0.6 is 38.5 Å². The summed E-state index contributed by atoms with van der Waals surface area (Å²) < 4.78 is 0.101. The Morgan fingerprint density at radius 3 is 3.00 bits per heavy atom. The van der Waals surface area contributed by atoms with Crippen LogP contribution < -0.4 is 0 Å². The van der Waals surface area contributed by atoms with E-state index in [0.717, 1.165) is 12.0 Å². The number of rotatable bonds is 2. The van der Waals surface area contributed by atoms with Gasteiger partial charge in [0.2, 0.25) is 0 Å². The van der Waals surface area contributed by atoms with E-state index >= 15 is 0 Å². The Morgan fingerprint density at radius 1 is 1.83 bits per heavy atom. The highest BCUT2D eigenvalue weighted by Crippen LogP contribution is 2.40. The van der Waals surface area contributed by atoms with Gasteiger partial charge in [-0.3, -0.25) is 0 Å². The first-order valence-electron chi connectivity index (χ1n) is 3.79. The summed E-state index contributed by atoms with van der Waals surface area (Å²) in [5, 5.41) is 7.15. The zero-order valence-corrected chi connectivity index (χ0v) is 10.6. The quantitative estimate of drug-likeness (QED) is 0.451. The summed E-state index contributed by atoms with van der Waals surface area (Å²) in [7, 11) is 0. The van der Waals surface area contributed by atoms with Crippen LogP contribution in [0.3, 0.4) is 0 Å². The maximum atomic E-state index is 7.15. The van der Waals surface area contributed by atoms with Crippen LogP contribution in [0.4, 0.5) is 0 Å². The fraction of sp³-hybridized carbons (Fsp3) is 0.444. The van der Waals surface area contributed by atoms with Crippen molar-refractivity contribution >= 4 is 44.7 Å². The third-order valence-corrected chi connectivity index (χ3v) is 3.33. The molecule has 2 unspecified atom stereocenters. The second-order valence-electron chi connectivity index (χ2n) is 3.04. The molecule has 1 aliphatic rings. The van der Waals surface area contributed by atoms with Crippen molar-refractivity contribution in [3.8, 4) is 0 Å². The molecule has 1 aliphatic carbocycles. The molecule has 12 heavy (non-hydrogen) atoms. The highest BCUT2D eigenvalue weighted by atomic mass is 127. The molecular weight excluding hydrogens is 329 g/mol. The van der Waals surface area contributed by atoms with Crippen molar-refractivity contribution in [3.63, 3.8) is 0 Å². The summed E-state index contributed by atoms with van der Waals surface area (Å²) in [4.78, 5) is 0. The van der Waals surface area contributed by atoms with Crippen LogP contribution in [0.25, 0.3) is 0 Å². The van der Waals surface area contributed by atoms with Crippen LogP contribution in [0.15, 0.2) is 23.8 Å². The Morgan fingerprint density at radius 2 is 2.50 bits per heavy atom. The normalized spacial score (nSPS) is 27.6. The molecule has 0 spiro atoms. The summed E-state index contributed by atoms with van der Waals surface area (Å²) in [6.45, 7) is 2.15. The van der Waals surface area contributed by atoms with Gasteiger partial charge in [0.25, 0.3) is 0 Å². The van der Waals surface area contributed by atoms with Crippen molar-refractivity contribution in [3.05, 3.63) is 23.8 Å². The van der Waals surface area contributed by atoms with Gasteiger partial charge in [-0.2, -0.15) is 0 Å². The van der Waals surface area contributed by atoms with Crippen molar-refractivity contribution in [1.82, 2.24) is 0 Å². The Hall–Kier alpha value is 0.360. The topological polar surface area (TPSA) is 23.9 Å². The average Bonchev–Trinajstić information content (AvgIpc) is 2.03. The van der Waals surface area contributed by atoms with E-state index in [1.165, 1.54) is 6.21 Å². The van der Waals surface area contributed by atoms with E-state index in [0.29, 0.717) is 5.92 Å². The van der Waals surface area contributed by atoms with Gasteiger partial charge in [0.05, 0.1) is 2.33 Å². The Bertz CT molecular complexity index is 237. The number of alkyl halides is 2. The molecule has 0 heterocycles. The predicted octanol–water partition coefficient (Wildman–Crippen LogP) is 3.68. The third kappa shape index (κ3) is 2.69. The van der Waals surface area contributed by atoms with Crippen molar-refractivity contribution in [2.75, 3.05) is 0 Å². The van der Waals surface area contributed by atoms with E-state index < -0.39 is 0 Å². The second-order valence-corrected chi connectivity index (χ2v) is 8.41. The molecule has 0 saturated carbocycles. The Kier molecular flexibility index (Phi) is 3.52. The third-order valence-electron chi connectivity index (χ3n) is 1.95. The molecule has 0 fully saturated rings. The van der Waals surface area contributed by atoms with Gasteiger partial charge in [-0.15, -0.1) is 0 Å². The molecule has 0 radical (unpaired) electrons. The fourth-order valence-electron chi connectivity index (χ4n) is 1.16. The Labute approximate surface area is 95.1 Å². The van der Waals surface area contributed by atoms with Gasteiger partial charge in [-0.05, 0) is 18.9 Å². The zero-order chi connectivity index (χ0) is 9.19. The first-order valence-corrected chi connectivity index (χ1v) is 5.67. The van der Waals surface area contributed by atoms with E-state index in [2.05, 4.69) is 51.5 Å². The highest BCUT2D eigenvalue weighted by Gasteiger charge is 2.27. The van der Waals surface area contributed by atoms with E-state index in [-0.39, 0.29) is 2.33 Å². The summed E-state index contributed by atoms with van der Waals surface area (Å²) in [6, 6.07) is 0. The Balaban J connectivity index is 2.72. The maximum Gasteiger partial charge on any atom is 0.0807 e. The maximum absolute atomic E-state index is 7.15. The number of allylic oxidation sites excluding steroid dienone is 4. The molecular formula is C9H11BrIN. The predicted molar refractivity (Wildman–Crippen MR) is 65.5 cm³/mol. The van der Waals surface area contributed by atoms with Gasteiger partial charge in [0.15, 0.2) is 0 Å². The minimum atomic E-state index is 0.101. The number of halogens is 2. The van der Waals surface area contributed by atoms with E-state index in [1.807, 2.05) is 12.2 Å². The highest BCUT2D eigenvalue weighted by molar-refractivity contribution is 14.1. The van der Waals surface area contributed by atoms with Gasteiger partial charge in [0.1, 0.15) is 0 Å². The smallest absolute Gasteiger partial charge is 0.0807 e. The first kappa shape index (κ1) is 10.4. The summed E-state index contributed by atoms with van der Waals surface area (Å²) in [6.07, 6.45) is 8.62. The SMILES string of the molecule is CC(Br)(I)C1C=CC=C(C=N)C1. The minimum absolute atomic E-state index is 0.101. The molecule has 0 aliphatic heterocycles. The lowest BCUT2D eigenvalue weighted by Gasteiger charge is -2.26. The standard InChI is InChI=1S/C9H11BrIN/c1-9(10,11)8-4-2-3-7(5-8)6-12/h2-4,6,8,12H,5H2,1H3. The van der Waals surface area contributed by atoms with Gasteiger partial charge in [0, 0.05) is 12.1 Å². The average molecular weight is 340 g/mol. The molecule has 0 saturated heterocycles. The van der Waals surface area contributed by atoms with Crippen LogP contribution in [0.2, 0.25) is 0 Å². The molecule has 0 aromatic carbocycles.